The standard InChI is InChI=1S/C50H40N6/c1-5-13-29(14-6-1)43-51-44(30-15-7-2-8-16-30)54-47(53-43)33-21-25-35(26-22-33)49-37-40-38(49)42-39(49)41(37)50(40,42)36-27-23-34(24-28-36)48-55-45(31-17-9-3-10-18-31)52-46(56-48)32-19-11-4-12-20-32/h1-3,5-10,13-18,21-28,32,37-42H,4,11-12,19-20H2. The molecule has 0 bridgehead atoms. The molecule has 0 radical (unpaired) electrons. The maximum Gasteiger partial charge on any atom is 0.164 e. The van der Waals surface area contributed by atoms with Crippen LogP contribution in [0.4, 0.5) is 0 Å². The quantitative estimate of drug-likeness (QED) is 0.155. The third-order valence-electron chi connectivity index (χ3n) is 15.3. The zero-order valence-electron chi connectivity index (χ0n) is 31.0. The molecule has 7 aliphatic rings. The van der Waals surface area contributed by atoms with Crippen LogP contribution >= 0.6 is 0 Å². The van der Waals surface area contributed by atoms with Crippen molar-refractivity contribution >= 4 is 0 Å². The highest BCUT2D eigenvalue weighted by Gasteiger charge is 3.09. The molecular formula is C50H40N6. The maximum atomic E-state index is 5.13. The minimum atomic E-state index is 0.401. The van der Waals surface area contributed by atoms with Gasteiger partial charge in [0.15, 0.2) is 29.1 Å². The van der Waals surface area contributed by atoms with E-state index in [2.05, 4.69) is 103 Å². The van der Waals surface area contributed by atoms with E-state index < -0.39 is 0 Å². The summed E-state index contributed by atoms with van der Waals surface area (Å²) in [5.74, 6) is 10.1. The van der Waals surface area contributed by atoms with Crippen LogP contribution in [0, 0.1) is 35.5 Å². The third-order valence-corrected chi connectivity index (χ3v) is 15.3. The summed E-state index contributed by atoms with van der Waals surface area (Å²) in [4.78, 5) is 30.0. The van der Waals surface area contributed by atoms with Crippen molar-refractivity contribution in [3.63, 3.8) is 0 Å². The second kappa shape index (κ2) is 11.3. The molecule has 6 nitrogen and oxygen atoms in total. The Bertz CT molecular complexity index is 2540. The first kappa shape index (κ1) is 31.3. The Balaban J connectivity index is 0.768. The molecule has 0 N–H and O–H groups in total. The molecule has 14 rings (SSSR count). The van der Waals surface area contributed by atoms with Crippen LogP contribution in [-0.2, 0) is 10.8 Å². The first-order valence-corrected chi connectivity index (χ1v) is 20.6. The lowest BCUT2D eigenvalue weighted by molar-refractivity contribution is -0.596. The van der Waals surface area contributed by atoms with Crippen molar-refractivity contribution in [3.8, 4) is 56.9 Å². The number of rotatable bonds is 8. The molecule has 0 unspecified atom stereocenters. The van der Waals surface area contributed by atoms with E-state index in [1.54, 1.807) is 5.56 Å². The normalized spacial score (nSPS) is 29.9. The molecule has 56 heavy (non-hydrogen) atoms. The fourth-order valence-electron chi connectivity index (χ4n) is 13.2. The van der Waals surface area contributed by atoms with Crippen molar-refractivity contribution in [2.45, 2.75) is 48.9 Å². The summed E-state index contributed by atoms with van der Waals surface area (Å²) in [6, 6.07) is 49.6. The largest absolute Gasteiger partial charge is 0.213 e. The van der Waals surface area contributed by atoms with Gasteiger partial charge >= 0.3 is 0 Å². The van der Waals surface area contributed by atoms with Crippen molar-refractivity contribution in [2.75, 3.05) is 0 Å². The average molecular weight is 725 g/mol. The Kier molecular flexibility index (Phi) is 6.35. The van der Waals surface area contributed by atoms with Crippen LogP contribution in [-0.4, -0.2) is 29.9 Å². The van der Waals surface area contributed by atoms with Gasteiger partial charge in [-0.25, -0.2) is 29.9 Å². The number of benzene rings is 5. The molecule has 5 aromatic carbocycles. The molecular weight excluding hydrogens is 685 g/mol. The fourth-order valence-corrected chi connectivity index (χ4v) is 13.2. The summed E-state index contributed by atoms with van der Waals surface area (Å²) in [5.41, 5.74) is 9.08. The van der Waals surface area contributed by atoms with Crippen molar-refractivity contribution in [1.29, 1.82) is 0 Å². The van der Waals surface area contributed by atoms with Crippen LogP contribution in [0.5, 0.6) is 0 Å². The first-order valence-electron chi connectivity index (χ1n) is 20.6. The molecule has 2 aromatic heterocycles. The highest BCUT2D eigenvalue weighted by atomic mass is 15.1. The van der Waals surface area contributed by atoms with E-state index in [4.69, 9.17) is 29.9 Å². The van der Waals surface area contributed by atoms with E-state index in [0.717, 1.165) is 86.6 Å². The van der Waals surface area contributed by atoms with Gasteiger partial charge in [-0.15, -0.1) is 0 Å². The second-order valence-electron chi connectivity index (χ2n) is 17.3. The Morgan fingerprint density at radius 2 is 0.625 bits per heavy atom. The van der Waals surface area contributed by atoms with Crippen molar-refractivity contribution < 1.29 is 0 Å². The third kappa shape index (κ3) is 3.87. The fraction of sp³-hybridized carbons (Fsp3) is 0.280. The van der Waals surface area contributed by atoms with Gasteiger partial charge in [0.25, 0.3) is 0 Å². The number of aromatic nitrogens is 6. The Morgan fingerprint density at radius 1 is 0.321 bits per heavy atom. The summed E-state index contributed by atoms with van der Waals surface area (Å²) in [6.45, 7) is 0. The summed E-state index contributed by atoms with van der Waals surface area (Å²) in [6.07, 6.45) is 6.17. The predicted octanol–water partition coefficient (Wildman–Crippen LogP) is 10.4. The molecule has 0 amide bonds. The molecule has 0 atom stereocenters. The van der Waals surface area contributed by atoms with Gasteiger partial charge in [-0.2, -0.15) is 0 Å². The van der Waals surface area contributed by atoms with E-state index >= 15 is 0 Å². The predicted molar refractivity (Wildman–Crippen MR) is 217 cm³/mol. The van der Waals surface area contributed by atoms with Crippen LogP contribution < -0.4 is 0 Å². The maximum absolute atomic E-state index is 5.13. The van der Waals surface area contributed by atoms with Gasteiger partial charge in [-0.3, -0.25) is 0 Å². The minimum absolute atomic E-state index is 0.401. The van der Waals surface area contributed by atoms with Crippen LogP contribution in [0.15, 0.2) is 140 Å². The molecule has 7 saturated carbocycles. The smallest absolute Gasteiger partial charge is 0.164 e. The number of hydrogen-bond donors (Lipinski definition) is 0. The highest BCUT2D eigenvalue weighted by molar-refractivity contribution is 5.72. The summed E-state index contributed by atoms with van der Waals surface area (Å²) in [7, 11) is 0. The van der Waals surface area contributed by atoms with Crippen LogP contribution in [0.25, 0.3) is 56.9 Å². The molecule has 7 fully saturated rings. The molecule has 2 heterocycles. The Hall–Kier alpha value is -5.88. The first-order chi connectivity index (χ1) is 27.7. The Labute approximate surface area is 326 Å². The Morgan fingerprint density at radius 3 is 0.964 bits per heavy atom. The number of hydrogen-bond acceptors (Lipinski definition) is 6. The van der Waals surface area contributed by atoms with Gasteiger partial charge < -0.3 is 0 Å². The van der Waals surface area contributed by atoms with E-state index in [-0.39, 0.29) is 0 Å². The lowest BCUT2D eigenvalue weighted by Crippen LogP contribution is -3.12. The molecule has 0 aliphatic heterocycles. The van der Waals surface area contributed by atoms with Crippen LogP contribution in [0.3, 0.4) is 0 Å². The van der Waals surface area contributed by atoms with Gasteiger partial charge in [-0.05, 0) is 59.5 Å². The van der Waals surface area contributed by atoms with E-state index in [1.165, 1.54) is 37.7 Å². The van der Waals surface area contributed by atoms with E-state index in [0.29, 0.717) is 28.4 Å². The van der Waals surface area contributed by atoms with Crippen molar-refractivity contribution in [2.24, 2.45) is 35.5 Å². The topological polar surface area (TPSA) is 77.3 Å². The van der Waals surface area contributed by atoms with Gasteiger partial charge in [0.2, 0.25) is 0 Å². The zero-order valence-corrected chi connectivity index (χ0v) is 31.0. The van der Waals surface area contributed by atoms with Gasteiger partial charge in [-0.1, -0.05) is 159 Å². The van der Waals surface area contributed by atoms with E-state index in [1.807, 2.05) is 36.4 Å². The average Bonchev–Trinajstić information content (AvgIpc) is 3.30. The van der Waals surface area contributed by atoms with Gasteiger partial charge in [0.1, 0.15) is 5.82 Å². The molecule has 270 valence electrons. The van der Waals surface area contributed by atoms with Crippen molar-refractivity contribution in [3.05, 3.63) is 156 Å². The zero-order chi connectivity index (χ0) is 36.6. The summed E-state index contributed by atoms with van der Waals surface area (Å²) in [5, 5.41) is 0. The molecule has 6 heteroatoms. The highest BCUT2D eigenvalue weighted by Crippen LogP contribution is 3.09. The monoisotopic (exact) mass is 724 g/mol. The van der Waals surface area contributed by atoms with Gasteiger partial charge in [0, 0.05) is 44.6 Å². The molecule has 0 saturated heterocycles. The lowest BCUT2D eigenvalue weighted by Gasteiger charge is -3.12. The SMILES string of the molecule is c1ccc(-c2nc(-c3ccccc3)nc(-c3ccc(C45C6C7C4C4C5C6C74c4ccc(-c5nc(-c6ccccc6)nc(C6CCCCC6)n5)cc4)cc3)n2)cc1. The van der Waals surface area contributed by atoms with Crippen LogP contribution in [0.2, 0.25) is 0 Å². The summed E-state index contributed by atoms with van der Waals surface area (Å²) >= 11 is 0. The van der Waals surface area contributed by atoms with Crippen molar-refractivity contribution in [1.82, 2.24) is 29.9 Å². The van der Waals surface area contributed by atoms with Crippen LogP contribution in [0.1, 0.15) is 55.0 Å². The number of nitrogens with zero attached hydrogens (tertiary/aromatic N) is 6. The minimum Gasteiger partial charge on any atom is -0.213 e. The second-order valence-corrected chi connectivity index (χ2v) is 17.3. The molecule has 0 spiro atoms. The molecule has 7 aliphatic carbocycles. The molecule has 7 aromatic rings. The lowest BCUT2D eigenvalue weighted by atomic mass is 8.91. The van der Waals surface area contributed by atoms with Gasteiger partial charge in [0.05, 0.1) is 0 Å². The summed E-state index contributed by atoms with van der Waals surface area (Å²) < 4.78 is 0. The van der Waals surface area contributed by atoms with E-state index in [9.17, 15) is 0 Å².